The van der Waals surface area contributed by atoms with Gasteiger partial charge in [0.25, 0.3) is 0 Å². The topological polar surface area (TPSA) is 46.0 Å². The third kappa shape index (κ3) is 2.46. The average Bonchev–Trinajstić information content (AvgIpc) is 2.48. The van der Waals surface area contributed by atoms with Gasteiger partial charge >= 0.3 is 0 Å². The highest BCUT2D eigenvalue weighted by atomic mass is 16.3. The second-order valence-corrected chi connectivity index (χ2v) is 4.51. The normalized spacial score (nSPS) is 12.5. The highest BCUT2D eigenvalue weighted by molar-refractivity contribution is 5.83. The van der Waals surface area contributed by atoms with E-state index in [0.29, 0.717) is 6.42 Å². The van der Waals surface area contributed by atoms with E-state index in [0.717, 1.165) is 22.0 Å². The third-order valence-electron chi connectivity index (χ3n) is 3.22. The van der Waals surface area contributed by atoms with Crippen molar-refractivity contribution in [2.75, 3.05) is 0 Å². The molecule has 19 heavy (non-hydrogen) atoms. The van der Waals surface area contributed by atoms with Crippen LogP contribution in [0.3, 0.4) is 0 Å². The lowest BCUT2D eigenvalue weighted by Gasteiger charge is -2.11. The number of benzene rings is 2. The fraction of sp³-hybridized carbons (Fsp3) is 0.125. The van der Waals surface area contributed by atoms with Crippen LogP contribution in [0.25, 0.3) is 10.8 Å². The van der Waals surface area contributed by atoms with Crippen molar-refractivity contribution in [3.05, 3.63) is 72.1 Å². The SMILES string of the molecule is OC(Cc1nncc2ccccc12)c1ccccc1. The summed E-state index contributed by atoms with van der Waals surface area (Å²) in [5.74, 6) is 0. The van der Waals surface area contributed by atoms with Crippen LogP contribution in [0.5, 0.6) is 0 Å². The molecule has 1 heterocycles. The Morgan fingerprint density at radius 1 is 0.947 bits per heavy atom. The van der Waals surface area contributed by atoms with Crippen molar-refractivity contribution >= 4 is 10.8 Å². The van der Waals surface area contributed by atoms with Gasteiger partial charge in [0.15, 0.2) is 0 Å². The second-order valence-electron chi connectivity index (χ2n) is 4.51. The molecule has 0 saturated heterocycles. The van der Waals surface area contributed by atoms with Crippen molar-refractivity contribution in [2.45, 2.75) is 12.5 Å². The van der Waals surface area contributed by atoms with Crippen molar-refractivity contribution < 1.29 is 5.11 Å². The van der Waals surface area contributed by atoms with E-state index >= 15 is 0 Å². The van der Waals surface area contributed by atoms with E-state index in [9.17, 15) is 5.11 Å². The van der Waals surface area contributed by atoms with E-state index in [4.69, 9.17) is 0 Å². The summed E-state index contributed by atoms with van der Waals surface area (Å²) in [6.45, 7) is 0. The standard InChI is InChI=1S/C16H14N2O/c19-16(12-6-2-1-3-7-12)10-15-14-9-5-4-8-13(14)11-17-18-15/h1-9,11,16,19H,10H2. The Bertz CT molecular complexity index is 677. The van der Waals surface area contributed by atoms with E-state index in [1.54, 1.807) is 6.20 Å². The first-order valence-corrected chi connectivity index (χ1v) is 6.27. The zero-order valence-corrected chi connectivity index (χ0v) is 10.4. The van der Waals surface area contributed by atoms with E-state index in [-0.39, 0.29) is 0 Å². The largest absolute Gasteiger partial charge is 0.388 e. The van der Waals surface area contributed by atoms with Crippen molar-refractivity contribution in [3.63, 3.8) is 0 Å². The Morgan fingerprint density at radius 2 is 1.68 bits per heavy atom. The van der Waals surface area contributed by atoms with Crippen LogP contribution in [0, 0.1) is 0 Å². The Hall–Kier alpha value is -2.26. The van der Waals surface area contributed by atoms with E-state index < -0.39 is 6.10 Å². The maximum atomic E-state index is 10.3. The van der Waals surface area contributed by atoms with Crippen LogP contribution >= 0.6 is 0 Å². The molecule has 0 bridgehead atoms. The van der Waals surface area contributed by atoms with Crippen molar-refractivity contribution in [1.82, 2.24) is 10.2 Å². The maximum absolute atomic E-state index is 10.3. The molecule has 0 aliphatic rings. The van der Waals surface area contributed by atoms with Gasteiger partial charge in [0, 0.05) is 17.2 Å². The summed E-state index contributed by atoms with van der Waals surface area (Å²) < 4.78 is 0. The van der Waals surface area contributed by atoms with Crippen LogP contribution < -0.4 is 0 Å². The molecule has 94 valence electrons. The molecule has 0 amide bonds. The van der Waals surface area contributed by atoms with Gasteiger partial charge in [-0.05, 0) is 5.56 Å². The third-order valence-corrected chi connectivity index (χ3v) is 3.22. The minimum atomic E-state index is -0.554. The van der Waals surface area contributed by atoms with Crippen LogP contribution in [0.15, 0.2) is 60.8 Å². The number of hydrogen-bond donors (Lipinski definition) is 1. The van der Waals surface area contributed by atoms with Gasteiger partial charge in [0.05, 0.1) is 18.0 Å². The fourth-order valence-corrected chi connectivity index (χ4v) is 2.21. The molecule has 3 rings (SSSR count). The van der Waals surface area contributed by atoms with Gasteiger partial charge in [-0.2, -0.15) is 10.2 Å². The number of aromatic nitrogens is 2. The molecule has 1 aromatic heterocycles. The van der Waals surface area contributed by atoms with Gasteiger partial charge in [0.2, 0.25) is 0 Å². The minimum absolute atomic E-state index is 0.471. The smallest absolute Gasteiger partial charge is 0.0846 e. The predicted octanol–water partition coefficient (Wildman–Crippen LogP) is 2.91. The van der Waals surface area contributed by atoms with Gasteiger partial charge in [-0.25, -0.2) is 0 Å². The Kier molecular flexibility index (Phi) is 3.21. The summed E-state index contributed by atoms with van der Waals surface area (Å²) in [6, 6.07) is 17.6. The molecular formula is C16H14N2O. The summed E-state index contributed by atoms with van der Waals surface area (Å²) in [5.41, 5.74) is 1.73. The first-order valence-electron chi connectivity index (χ1n) is 6.27. The zero-order chi connectivity index (χ0) is 13.1. The molecule has 3 nitrogen and oxygen atoms in total. The average molecular weight is 250 g/mol. The summed E-state index contributed by atoms with van der Waals surface area (Å²) in [6.07, 6.45) is 1.66. The monoisotopic (exact) mass is 250 g/mol. The van der Waals surface area contributed by atoms with Crippen LogP contribution in [0.4, 0.5) is 0 Å². The van der Waals surface area contributed by atoms with Crippen molar-refractivity contribution in [3.8, 4) is 0 Å². The van der Waals surface area contributed by atoms with Gasteiger partial charge in [0.1, 0.15) is 0 Å². The quantitative estimate of drug-likeness (QED) is 0.777. The number of rotatable bonds is 3. The van der Waals surface area contributed by atoms with E-state index in [2.05, 4.69) is 10.2 Å². The highest BCUT2D eigenvalue weighted by Crippen LogP contribution is 2.21. The lowest BCUT2D eigenvalue weighted by molar-refractivity contribution is 0.177. The molecule has 1 atom stereocenters. The van der Waals surface area contributed by atoms with E-state index in [1.807, 2.05) is 54.6 Å². The molecule has 0 saturated carbocycles. The van der Waals surface area contributed by atoms with Gasteiger partial charge in [-0.15, -0.1) is 0 Å². The van der Waals surface area contributed by atoms with Crippen molar-refractivity contribution in [2.24, 2.45) is 0 Å². The summed E-state index contributed by atoms with van der Waals surface area (Å²) in [5, 5.41) is 20.5. The first kappa shape index (κ1) is 11.8. The summed E-state index contributed by atoms with van der Waals surface area (Å²) in [7, 11) is 0. The molecule has 2 aromatic carbocycles. The molecule has 1 N–H and O–H groups in total. The first-order chi connectivity index (χ1) is 9.34. The fourth-order valence-electron chi connectivity index (χ4n) is 2.21. The number of fused-ring (bicyclic) bond motifs is 1. The molecule has 0 spiro atoms. The molecule has 0 aliphatic heterocycles. The number of hydrogen-bond acceptors (Lipinski definition) is 3. The molecular weight excluding hydrogens is 236 g/mol. The minimum Gasteiger partial charge on any atom is -0.388 e. The van der Waals surface area contributed by atoms with Crippen LogP contribution in [0.2, 0.25) is 0 Å². The van der Waals surface area contributed by atoms with E-state index in [1.165, 1.54) is 0 Å². The number of aliphatic hydroxyl groups is 1. The molecule has 0 fully saturated rings. The Labute approximate surface area is 111 Å². The molecule has 3 aromatic rings. The lowest BCUT2D eigenvalue weighted by Crippen LogP contribution is -2.04. The summed E-state index contributed by atoms with van der Waals surface area (Å²) >= 11 is 0. The second kappa shape index (κ2) is 5.16. The molecule has 0 aliphatic carbocycles. The number of aliphatic hydroxyl groups excluding tert-OH is 1. The molecule has 1 unspecified atom stereocenters. The number of nitrogens with zero attached hydrogens (tertiary/aromatic N) is 2. The maximum Gasteiger partial charge on any atom is 0.0846 e. The van der Waals surface area contributed by atoms with Crippen LogP contribution in [0.1, 0.15) is 17.4 Å². The molecule has 3 heteroatoms. The predicted molar refractivity (Wildman–Crippen MR) is 74.6 cm³/mol. The van der Waals surface area contributed by atoms with Gasteiger partial charge in [-0.3, -0.25) is 0 Å². The summed E-state index contributed by atoms with van der Waals surface area (Å²) in [4.78, 5) is 0. The van der Waals surface area contributed by atoms with Gasteiger partial charge in [-0.1, -0.05) is 54.6 Å². The zero-order valence-electron chi connectivity index (χ0n) is 10.4. The Morgan fingerprint density at radius 3 is 2.53 bits per heavy atom. The molecule has 0 radical (unpaired) electrons. The Balaban J connectivity index is 1.94. The lowest BCUT2D eigenvalue weighted by atomic mass is 10.0. The van der Waals surface area contributed by atoms with Gasteiger partial charge < -0.3 is 5.11 Å². The highest BCUT2D eigenvalue weighted by Gasteiger charge is 2.11. The van der Waals surface area contributed by atoms with Crippen molar-refractivity contribution in [1.29, 1.82) is 0 Å². The van der Waals surface area contributed by atoms with Crippen LogP contribution in [-0.4, -0.2) is 15.3 Å². The van der Waals surface area contributed by atoms with Crippen LogP contribution in [-0.2, 0) is 6.42 Å².